The van der Waals surface area contributed by atoms with Crippen LogP contribution in [0.1, 0.15) is 57.8 Å². The monoisotopic (exact) mass is 399 g/mol. The molecule has 160 valence electrons. The highest BCUT2D eigenvalue weighted by Gasteiger charge is 2.45. The maximum absolute atomic E-state index is 13.1. The van der Waals surface area contributed by atoms with E-state index in [1.165, 1.54) is 0 Å². The second-order valence-electron chi connectivity index (χ2n) is 8.17. The number of carboxylic acid groups (broad SMARTS) is 2. The van der Waals surface area contributed by atoms with Crippen LogP contribution < -0.4 is 5.32 Å². The number of hydrogen-bond donors (Lipinski definition) is 3. The molecule has 2 fully saturated rings. The Morgan fingerprint density at radius 1 is 1.11 bits per heavy atom. The van der Waals surface area contributed by atoms with Gasteiger partial charge in [0.25, 0.3) is 0 Å². The average molecular weight is 399 g/mol. The van der Waals surface area contributed by atoms with E-state index in [-0.39, 0.29) is 25.0 Å². The summed E-state index contributed by atoms with van der Waals surface area (Å²) in [7, 11) is 1.55. The Kier molecular flexibility index (Phi) is 8.69. The minimum absolute atomic E-state index is 0.0538. The molecule has 2 saturated carbocycles. The van der Waals surface area contributed by atoms with Crippen molar-refractivity contribution in [3.63, 3.8) is 0 Å². The lowest BCUT2D eigenvalue weighted by molar-refractivity contribution is -0.148. The van der Waals surface area contributed by atoms with Crippen molar-refractivity contribution in [1.29, 1.82) is 0 Å². The Labute approximate surface area is 166 Å². The number of aliphatic carboxylic acids is 2. The molecule has 0 spiro atoms. The van der Waals surface area contributed by atoms with E-state index >= 15 is 0 Å². The number of methoxy groups -OCH3 is 1. The van der Waals surface area contributed by atoms with Crippen LogP contribution in [0.25, 0.3) is 0 Å². The van der Waals surface area contributed by atoms with Gasteiger partial charge in [0, 0.05) is 13.2 Å². The van der Waals surface area contributed by atoms with E-state index in [9.17, 15) is 24.6 Å². The maximum Gasteiger partial charge on any atom is 0.308 e. The van der Waals surface area contributed by atoms with E-state index in [0.717, 1.165) is 25.7 Å². The SMILES string of the molecule is COCCOCC(CC1(C(=O)NC2CCCC(C(=O)O)C2)CCCC1)C(=O)O. The Bertz CT molecular complexity index is 545. The van der Waals surface area contributed by atoms with Crippen LogP contribution in [0.3, 0.4) is 0 Å². The van der Waals surface area contributed by atoms with Crippen LogP contribution in [0.5, 0.6) is 0 Å². The van der Waals surface area contributed by atoms with Gasteiger partial charge in [-0.3, -0.25) is 14.4 Å². The van der Waals surface area contributed by atoms with Crippen LogP contribution >= 0.6 is 0 Å². The van der Waals surface area contributed by atoms with Gasteiger partial charge in [0.05, 0.1) is 37.1 Å². The first-order valence-corrected chi connectivity index (χ1v) is 10.2. The Morgan fingerprint density at radius 2 is 1.82 bits per heavy atom. The molecule has 1 amide bonds. The summed E-state index contributed by atoms with van der Waals surface area (Å²) in [6.45, 7) is 0.765. The standard InChI is InChI=1S/C20H33NO7/c1-27-9-10-28-13-15(18(24)25)12-20(7-2-3-8-20)19(26)21-16-6-4-5-14(11-16)17(22)23/h14-16H,2-13H2,1H3,(H,21,26)(H,22,23)(H,24,25). The molecular weight excluding hydrogens is 366 g/mol. The summed E-state index contributed by atoms with van der Waals surface area (Å²) >= 11 is 0. The Balaban J connectivity index is 1.99. The minimum atomic E-state index is -0.958. The first-order chi connectivity index (χ1) is 13.4. The zero-order valence-corrected chi connectivity index (χ0v) is 16.7. The van der Waals surface area contributed by atoms with E-state index in [1.807, 2.05) is 0 Å². The van der Waals surface area contributed by atoms with Crippen LogP contribution in [-0.4, -0.2) is 61.0 Å². The van der Waals surface area contributed by atoms with Crippen LogP contribution in [0.15, 0.2) is 0 Å². The zero-order valence-electron chi connectivity index (χ0n) is 16.7. The maximum atomic E-state index is 13.1. The number of hydrogen-bond acceptors (Lipinski definition) is 5. The Hall–Kier alpha value is -1.67. The molecule has 2 aliphatic carbocycles. The summed E-state index contributed by atoms with van der Waals surface area (Å²) in [6, 6.07) is -0.152. The van der Waals surface area contributed by atoms with Gasteiger partial charge in [0.15, 0.2) is 0 Å². The number of nitrogens with one attached hydrogen (secondary N) is 1. The van der Waals surface area contributed by atoms with Gasteiger partial charge in [-0.05, 0) is 38.5 Å². The van der Waals surface area contributed by atoms with Crippen LogP contribution in [0.2, 0.25) is 0 Å². The molecule has 3 N–H and O–H groups in total. The molecule has 0 aromatic carbocycles. The molecule has 8 heteroatoms. The fourth-order valence-corrected chi connectivity index (χ4v) is 4.52. The van der Waals surface area contributed by atoms with Crippen molar-refractivity contribution in [2.45, 2.75) is 63.8 Å². The number of amides is 1. The van der Waals surface area contributed by atoms with E-state index < -0.39 is 29.2 Å². The third-order valence-corrected chi connectivity index (χ3v) is 6.14. The highest BCUT2D eigenvalue weighted by atomic mass is 16.5. The number of carboxylic acids is 2. The lowest BCUT2D eigenvalue weighted by Crippen LogP contribution is -2.48. The number of ether oxygens (including phenoxy) is 2. The largest absolute Gasteiger partial charge is 0.481 e. The summed E-state index contributed by atoms with van der Waals surface area (Å²) < 4.78 is 10.3. The molecule has 2 aliphatic rings. The van der Waals surface area contributed by atoms with Crippen molar-refractivity contribution in [2.75, 3.05) is 26.9 Å². The first kappa shape index (κ1) is 22.6. The van der Waals surface area contributed by atoms with Gasteiger partial charge >= 0.3 is 11.9 Å². The summed E-state index contributed by atoms with van der Waals surface area (Å²) in [6.07, 6.45) is 6.00. The molecule has 0 saturated heterocycles. The summed E-state index contributed by atoms with van der Waals surface area (Å²) in [5, 5.41) is 21.9. The Morgan fingerprint density at radius 3 is 2.43 bits per heavy atom. The van der Waals surface area contributed by atoms with E-state index in [2.05, 4.69) is 5.32 Å². The zero-order chi connectivity index (χ0) is 20.6. The second kappa shape index (κ2) is 10.8. The van der Waals surface area contributed by atoms with E-state index in [0.29, 0.717) is 38.9 Å². The number of carbonyl (C=O) groups is 3. The normalized spacial score (nSPS) is 25.2. The molecule has 2 rings (SSSR count). The molecule has 0 radical (unpaired) electrons. The number of carbonyl (C=O) groups excluding carboxylic acids is 1. The van der Waals surface area contributed by atoms with Crippen molar-refractivity contribution in [2.24, 2.45) is 17.3 Å². The average Bonchev–Trinajstić information content (AvgIpc) is 3.14. The molecule has 0 aromatic heterocycles. The fourth-order valence-electron chi connectivity index (χ4n) is 4.52. The third-order valence-electron chi connectivity index (χ3n) is 6.14. The van der Waals surface area contributed by atoms with Gasteiger partial charge in [-0.2, -0.15) is 0 Å². The van der Waals surface area contributed by atoms with Gasteiger partial charge in [-0.25, -0.2) is 0 Å². The molecule has 3 atom stereocenters. The molecule has 28 heavy (non-hydrogen) atoms. The summed E-state index contributed by atoms with van der Waals surface area (Å²) in [5.41, 5.74) is -0.705. The summed E-state index contributed by atoms with van der Waals surface area (Å²) in [5.74, 6) is -3.06. The van der Waals surface area contributed by atoms with Gasteiger partial charge in [0.2, 0.25) is 5.91 Å². The lowest BCUT2D eigenvalue weighted by atomic mass is 9.76. The van der Waals surface area contributed by atoms with Crippen LogP contribution in [-0.2, 0) is 23.9 Å². The smallest absolute Gasteiger partial charge is 0.308 e. The van der Waals surface area contributed by atoms with Crippen molar-refractivity contribution >= 4 is 17.8 Å². The van der Waals surface area contributed by atoms with E-state index in [1.54, 1.807) is 7.11 Å². The molecule has 3 unspecified atom stereocenters. The van der Waals surface area contributed by atoms with Crippen molar-refractivity contribution in [3.05, 3.63) is 0 Å². The molecule has 0 heterocycles. The second-order valence-corrected chi connectivity index (χ2v) is 8.17. The van der Waals surface area contributed by atoms with Gasteiger partial charge in [-0.15, -0.1) is 0 Å². The predicted octanol–water partition coefficient (Wildman–Crippen LogP) is 2.06. The van der Waals surface area contributed by atoms with Crippen molar-refractivity contribution < 1.29 is 34.1 Å². The van der Waals surface area contributed by atoms with Gasteiger partial charge in [-0.1, -0.05) is 19.3 Å². The predicted molar refractivity (Wildman–Crippen MR) is 101 cm³/mol. The van der Waals surface area contributed by atoms with Crippen molar-refractivity contribution in [3.8, 4) is 0 Å². The topological polar surface area (TPSA) is 122 Å². The minimum Gasteiger partial charge on any atom is -0.481 e. The van der Waals surface area contributed by atoms with Gasteiger partial charge < -0.3 is 25.0 Å². The third kappa shape index (κ3) is 6.17. The molecule has 8 nitrogen and oxygen atoms in total. The van der Waals surface area contributed by atoms with Crippen LogP contribution in [0.4, 0.5) is 0 Å². The summed E-state index contributed by atoms with van der Waals surface area (Å²) in [4.78, 5) is 36.1. The molecule has 0 aromatic rings. The number of rotatable bonds is 11. The first-order valence-electron chi connectivity index (χ1n) is 10.2. The highest BCUT2D eigenvalue weighted by Crippen LogP contribution is 2.44. The molecule has 0 aliphatic heterocycles. The highest BCUT2D eigenvalue weighted by molar-refractivity contribution is 5.84. The van der Waals surface area contributed by atoms with Crippen molar-refractivity contribution in [1.82, 2.24) is 5.32 Å². The molecular formula is C20H33NO7. The van der Waals surface area contributed by atoms with E-state index in [4.69, 9.17) is 9.47 Å². The molecule has 0 bridgehead atoms. The van der Waals surface area contributed by atoms with Gasteiger partial charge in [0.1, 0.15) is 0 Å². The lowest BCUT2D eigenvalue weighted by Gasteiger charge is -2.34. The van der Waals surface area contributed by atoms with Crippen LogP contribution in [0, 0.1) is 17.3 Å². The quantitative estimate of drug-likeness (QED) is 0.455. The fraction of sp³-hybridized carbons (Fsp3) is 0.850.